The number of hydrogen-bond acceptors (Lipinski definition) is 3. The summed E-state index contributed by atoms with van der Waals surface area (Å²) in [6.45, 7) is 0. The van der Waals surface area contributed by atoms with E-state index in [9.17, 15) is 4.79 Å². The van der Waals surface area contributed by atoms with Crippen molar-refractivity contribution in [1.29, 1.82) is 0 Å². The molecule has 0 amide bonds. The van der Waals surface area contributed by atoms with E-state index in [0.717, 1.165) is 34.3 Å². The van der Waals surface area contributed by atoms with Gasteiger partial charge < -0.3 is 4.74 Å². The summed E-state index contributed by atoms with van der Waals surface area (Å²) >= 11 is 0. The third-order valence-electron chi connectivity index (χ3n) is 4.54. The van der Waals surface area contributed by atoms with E-state index in [0.29, 0.717) is 6.42 Å². The normalized spacial score (nSPS) is 17.1. The molecule has 0 N–H and O–H groups in total. The predicted molar refractivity (Wildman–Crippen MR) is 90.1 cm³/mol. The van der Waals surface area contributed by atoms with Gasteiger partial charge in [0.05, 0.1) is 18.3 Å². The number of carbonyl (C=O) groups excluding carboxylic acids is 1. The van der Waals surface area contributed by atoms with Crippen molar-refractivity contribution in [2.45, 2.75) is 18.8 Å². The lowest BCUT2D eigenvalue weighted by Crippen LogP contribution is -2.20. The zero-order valence-electron chi connectivity index (χ0n) is 13.0. The van der Waals surface area contributed by atoms with Crippen LogP contribution >= 0.6 is 0 Å². The minimum absolute atomic E-state index is 0.178. The van der Waals surface area contributed by atoms with Crippen LogP contribution in [-0.4, -0.2) is 17.9 Å². The molecule has 1 unspecified atom stereocenters. The topological polar surface area (TPSA) is 39.2 Å². The van der Waals surface area contributed by atoms with Crippen molar-refractivity contribution >= 4 is 16.7 Å². The summed E-state index contributed by atoms with van der Waals surface area (Å²) in [5, 5.41) is 0.953. The van der Waals surface area contributed by atoms with Crippen molar-refractivity contribution in [2.75, 3.05) is 7.11 Å². The second-order valence-electron chi connectivity index (χ2n) is 5.98. The number of methoxy groups -OCH3 is 1. The van der Waals surface area contributed by atoms with E-state index in [1.807, 2.05) is 42.5 Å². The zero-order valence-corrected chi connectivity index (χ0v) is 13.0. The molecule has 2 aromatic carbocycles. The van der Waals surface area contributed by atoms with Crippen LogP contribution in [0.3, 0.4) is 0 Å². The minimum Gasteiger partial charge on any atom is -0.497 e. The van der Waals surface area contributed by atoms with Gasteiger partial charge in [-0.1, -0.05) is 30.3 Å². The average molecular weight is 303 g/mol. The summed E-state index contributed by atoms with van der Waals surface area (Å²) < 4.78 is 5.26. The smallest absolute Gasteiger partial charge is 0.165 e. The van der Waals surface area contributed by atoms with Crippen molar-refractivity contribution in [3.63, 3.8) is 0 Å². The van der Waals surface area contributed by atoms with Crippen LogP contribution in [0.15, 0.2) is 54.6 Å². The highest BCUT2D eigenvalue weighted by Crippen LogP contribution is 2.33. The average Bonchev–Trinajstić information content (AvgIpc) is 2.60. The molecule has 0 saturated carbocycles. The highest BCUT2D eigenvalue weighted by molar-refractivity contribution is 6.01. The molecule has 0 saturated heterocycles. The van der Waals surface area contributed by atoms with E-state index in [4.69, 9.17) is 9.72 Å². The Morgan fingerprint density at radius 2 is 1.87 bits per heavy atom. The van der Waals surface area contributed by atoms with Gasteiger partial charge in [-0.15, -0.1) is 0 Å². The van der Waals surface area contributed by atoms with Gasteiger partial charge in [-0.25, -0.2) is 0 Å². The molecule has 114 valence electrons. The number of nitrogens with zero attached hydrogens (tertiary/aromatic N) is 1. The molecule has 0 fully saturated rings. The summed E-state index contributed by atoms with van der Waals surface area (Å²) in [6, 6.07) is 18.0. The van der Waals surface area contributed by atoms with E-state index < -0.39 is 0 Å². The standard InChI is InChI=1S/C20H17NO2/c1-23-16-7-8-18-15(9-16)10-17-19(21-18)11-14(12-20(17)22)13-5-3-2-4-6-13/h2-10,14H,11-12H2,1H3. The summed E-state index contributed by atoms with van der Waals surface area (Å²) in [6.07, 6.45) is 1.36. The first-order chi connectivity index (χ1) is 11.2. The summed E-state index contributed by atoms with van der Waals surface area (Å²) in [7, 11) is 1.64. The fraction of sp³-hybridized carbons (Fsp3) is 0.200. The second-order valence-corrected chi connectivity index (χ2v) is 5.98. The molecule has 23 heavy (non-hydrogen) atoms. The molecular weight excluding hydrogens is 286 g/mol. The largest absolute Gasteiger partial charge is 0.497 e. The van der Waals surface area contributed by atoms with Crippen molar-refractivity contribution < 1.29 is 9.53 Å². The van der Waals surface area contributed by atoms with Gasteiger partial charge in [-0.2, -0.15) is 0 Å². The predicted octanol–water partition coefficient (Wildman–Crippen LogP) is 4.16. The maximum atomic E-state index is 12.6. The SMILES string of the molecule is COc1ccc2nc3c(cc2c1)C(=O)CC(c1ccccc1)C3. The quantitative estimate of drug-likeness (QED) is 0.713. The van der Waals surface area contributed by atoms with Crippen LogP contribution in [0, 0.1) is 0 Å². The van der Waals surface area contributed by atoms with E-state index in [-0.39, 0.29) is 11.7 Å². The number of ether oxygens (including phenoxy) is 1. The first kappa shape index (κ1) is 13.9. The fourth-order valence-corrected chi connectivity index (χ4v) is 3.32. The molecule has 3 heteroatoms. The lowest BCUT2D eigenvalue weighted by atomic mass is 9.81. The second kappa shape index (κ2) is 5.51. The number of fused-ring (bicyclic) bond motifs is 2. The van der Waals surface area contributed by atoms with E-state index in [1.54, 1.807) is 7.11 Å². The maximum Gasteiger partial charge on any atom is 0.165 e. The van der Waals surface area contributed by atoms with Crippen molar-refractivity contribution in [3.8, 4) is 5.75 Å². The van der Waals surface area contributed by atoms with E-state index in [2.05, 4.69) is 12.1 Å². The highest BCUT2D eigenvalue weighted by atomic mass is 16.5. The third-order valence-corrected chi connectivity index (χ3v) is 4.54. The molecule has 0 bridgehead atoms. The number of rotatable bonds is 2. The Morgan fingerprint density at radius 1 is 1.04 bits per heavy atom. The van der Waals surface area contributed by atoms with Crippen molar-refractivity contribution in [2.24, 2.45) is 0 Å². The summed E-state index contributed by atoms with van der Waals surface area (Å²) in [4.78, 5) is 17.3. The van der Waals surface area contributed by atoms with Gasteiger partial charge in [0, 0.05) is 17.4 Å². The van der Waals surface area contributed by atoms with Gasteiger partial charge >= 0.3 is 0 Å². The lowest BCUT2D eigenvalue weighted by molar-refractivity contribution is 0.0963. The molecule has 1 heterocycles. The number of ketones is 1. The fourth-order valence-electron chi connectivity index (χ4n) is 3.32. The van der Waals surface area contributed by atoms with Gasteiger partial charge in [0.1, 0.15) is 5.75 Å². The first-order valence-electron chi connectivity index (χ1n) is 7.80. The molecule has 0 spiro atoms. The van der Waals surface area contributed by atoms with Crippen LogP contribution < -0.4 is 4.74 Å². The number of Topliss-reactive ketones (excluding diaryl/α,β-unsaturated/α-hetero) is 1. The Morgan fingerprint density at radius 3 is 2.65 bits per heavy atom. The summed E-state index contributed by atoms with van der Waals surface area (Å²) in [5.74, 6) is 1.18. The van der Waals surface area contributed by atoms with Gasteiger partial charge in [0.25, 0.3) is 0 Å². The van der Waals surface area contributed by atoms with Crippen molar-refractivity contribution in [1.82, 2.24) is 4.98 Å². The van der Waals surface area contributed by atoms with Gasteiger partial charge in [-0.05, 0) is 42.2 Å². The van der Waals surface area contributed by atoms with Crippen LogP contribution in [0.4, 0.5) is 0 Å². The van der Waals surface area contributed by atoms with Crippen LogP contribution in [0.5, 0.6) is 5.75 Å². The van der Waals surface area contributed by atoms with Gasteiger partial charge in [-0.3, -0.25) is 9.78 Å². The molecule has 3 aromatic rings. The Bertz CT molecular complexity index is 887. The van der Waals surface area contributed by atoms with Crippen LogP contribution in [0.1, 0.15) is 34.0 Å². The minimum atomic E-state index is 0.178. The number of benzene rings is 2. The Hall–Kier alpha value is -2.68. The Balaban J connectivity index is 1.78. The number of carbonyl (C=O) groups is 1. The molecule has 1 aromatic heterocycles. The molecule has 1 aliphatic rings. The number of pyridine rings is 1. The zero-order chi connectivity index (χ0) is 15.8. The van der Waals surface area contributed by atoms with Crippen LogP contribution in [0.25, 0.3) is 10.9 Å². The van der Waals surface area contributed by atoms with Gasteiger partial charge in [0.15, 0.2) is 5.78 Å². The highest BCUT2D eigenvalue weighted by Gasteiger charge is 2.27. The molecule has 0 radical (unpaired) electrons. The van der Waals surface area contributed by atoms with Crippen LogP contribution in [0.2, 0.25) is 0 Å². The molecule has 1 atom stereocenters. The third kappa shape index (κ3) is 2.48. The Kier molecular flexibility index (Phi) is 3.34. The van der Waals surface area contributed by atoms with Crippen molar-refractivity contribution in [3.05, 3.63) is 71.4 Å². The summed E-state index contributed by atoms with van der Waals surface area (Å²) in [5.41, 5.74) is 3.79. The van der Waals surface area contributed by atoms with E-state index in [1.165, 1.54) is 5.56 Å². The number of aromatic nitrogens is 1. The molecule has 4 rings (SSSR count). The lowest BCUT2D eigenvalue weighted by Gasteiger charge is -2.23. The number of hydrogen-bond donors (Lipinski definition) is 0. The molecular formula is C20H17NO2. The first-order valence-corrected chi connectivity index (χ1v) is 7.80. The van der Waals surface area contributed by atoms with Crippen LogP contribution in [-0.2, 0) is 6.42 Å². The molecule has 3 nitrogen and oxygen atoms in total. The monoisotopic (exact) mass is 303 g/mol. The Labute approximate surface area is 134 Å². The maximum absolute atomic E-state index is 12.6. The van der Waals surface area contributed by atoms with E-state index >= 15 is 0 Å². The van der Waals surface area contributed by atoms with Gasteiger partial charge in [0.2, 0.25) is 0 Å². The molecule has 1 aliphatic carbocycles. The molecule has 0 aliphatic heterocycles.